The van der Waals surface area contributed by atoms with E-state index in [4.69, 9.17) is 33.7 Å². The fraction of sp³-hybridized carbons (Fsp3) is 0.333. The summed E-state index contributed by atoms with van der Waals surface area (Å²) >= 11 is 12.2. The topological polar surface area (TPSA) is 96.7 Å². The summed E-state index contributed by atoms with van der Waals surface area (Å²) in [5.74, 6) is 0.540. The van der Waals surface area contributed by atoms with Crippen molar-refractivity contribution in [2.24, 2.45) is 5.92 Å². The second-order valence-electron chi connectivity index (χ2n) is 7.70. The predicted octanol–water partition coefficient (Wildman–Crippen LogP) is 4.54. The molecular formula is C21H23Cl2N7O. The number of halogens is 2. The van der Waals surface area contributed by atoms with Gasteiger partial charge in [-0.2, -0.15) is 4.98 Å². The van der Waals surface area contributed by atoms with Gasteiger partial charge in [-0.05, 0) is 44.5 Å². The summed E-state index contributed by atoms with van der Waals surface area (Å²) in [7, 11) is 0. The largest absolute Gasteiger partial charge is 0.475 e. The molecule has 31 heavy (non-hydrogen) atoms. The van der Waals surface area contributed by atoms with Crippen molar-refractivity contribution in [1.82, 2.24) is 29.3 Å². The van der Waals surface area contributed by atoms with Crippen LogP contribution in [0.2, 0.25) is 10.3 Å². The second kappa shape index (κ2) is 8.36. The Hall–Kier alpha value is -2.84. The summed E-state index contributed by atoms with van der Waals surface area (Å²) in [5.41, 5.74) is 11.0. The molecule has 0 aliphatic heterocycles. The number of nitrogens with zero attached hydrogens (tertiary/aromatic N) is 6. The molecule has 162 valence electrons. The van der Waals surface area contributed by atoms with Gasteiger partial charge >= 0.3 is 0 Å². The van der Waals surface area contributed by atoms with Gasteiger partial charge in [-0.3, -0.25) is 4.98 Å². The third-order valence-electron chi connectivity index (χ3n) is 5.10. The van der Waals surface area contributed by atoms with Gasteiger partial charge in [0.15, 0.2) is 0 Å². The van der Waals surface area contributed by atoms with Crippen molar-refractivity contribution in [3.8, 4) is 11.6 Å². The molecule has 0 saturated carbocycles. The second-order valence-corrected chi connectivity index (χ2v) is 8.44. The van der Waals surface area contributed by atoms with Crippen molar-refractivity contribution >= 4 is 39.9 Å². The zero-order chi connectivity index (χ0) is 22.3. The number of nitrogens with two attached hydrogens (primary N) is 1. The van der Waals surface area contributed by atoms with Gasteiger partial charge in [-0.25, -0.2) is 9.67 Å². The average Bonchev–Trinajstić information content (AvgIpc) is 3.17. The van der Waals surface area contributed by atoms with E-state index in [0.717, 1.165) is 28.2 Å². The van der Waals surface area contributed by atoms with Crippen molar-refractivity contribution < 1.29 is 4.74 Å². The van der Waals surface area contributed by atoms with Crippen LogP contribution in [0, 0.1) is 26.7 Å². The summed E-state index contributed by atoms with van der Waals surface area (Å²) in [6.07, 6.45) is 3.46. The fourth-order valence-electron chi connectivity index (χ4n) is 3.49. The summed E-state index contributed by atoms with van der Waals surface area (Å²) in [5, 5.41) is 6.11. The normalized spacial score (nSPS) is 12.5. The van der Waals surface area contributed by atoms with Crippen LogP contribution in [0.3, 0.4) is 0 Å². The molecule has 0 unspecified atom stereocenters. The van der Waals surface area contributed by atoms with E-state index >= 15 is 0 Å². The van der Waals surface area contributed by atoms with E-state index in [0.29, 0.717) is 35.4 Å². The minimum absolute atomic E-state index is 0.132. The maximum absolute atomic E-state index is 6.30. The first-order valence-corrected chi connectivity index (χ1v) is 10.6. The fourth-order valence-corrected chi connectivity index (χ4v) is 3.87. The standard InChI is InChI=1S/C21H23Cl2N7O/c1-11(8-29-9-16(22)15-7-25-21(23)27-19(15)29)10-31-20-18(24)14(4)30(28-20)17-6-5-12(2)26-13(17)3/h5-7,9,11H,8,10,24H2,1-4H3/t11-/m1/s1. The number of nitrogen functional groups attached to an aromatic ring is 1. The monoisotopic (exact) mass is 459 g/mol. The number of anilines is 1. The predicted molar refractivity (Wildman–Crippen MR) is 122 cm³/mol. The maximum atomic E-state index is 6.30. The molecule has 4 rings (SSSR count). The van der Waals surface area contributed by atoms with E-state index in [2.05, 4.69) is 27.0 Å². The molecule has 0 saturated heterocycles. The SMILES string of the molecule is Cc1ccc(-n2nc(OC[C@H](C)Cn3cc(Cl)c4cnc(Cl)nc43)c(N)c2C)c(C)n1. The summed E-state index contributed by atoms with van der Waals surface area (Å²) in [6, 6.07) is 3.93. The van der Waals surface area contributed by atoms with Crippen LogP contribution in [0.15, 0.2) is 24.5 Å². The van der Waals surface area contributed by atoms with Crippen LogP contribution in [-0.4, -0.2) is 35.9 Å². The lowest BCUT2D eigenvalue weighted by Crippen LogP contribution is -2.16. The third kappa shape index (κ3) is 4.18. The zero-order valence-corrected chi connectivity index (χ0v) is 19.2. The van der Waals surface area contributed by atoms with Gasteiger partial charge in [-0.15, -0.1) is 5.10 Å². The van der Waals surface area contributed by atoms with E-state index < -0.39 is 0 Å². The van der Waals surface area contributed by atoms with Crippen LogP contribution in [0.5, 0.6) is 5.88 Å². The molecular weight excluding hydrogens is 437 g/mol. The Kier molecular flexibility index (Phi) is 5.77. The molecule has 0 spiro atoms. The highest BCUT2D eigenvalue weighted by Crippen LogP contribution is 2.29. The molecule has 10 heteroatoms. The number of aromatic nitrogens is 6. The Balaban J connectivity index is 1.50. The van der Waals surface area contributed by atoms with Gasteiger partial charge in [0, 0.05) is 30.6 Å². The number of aryl methyl sites for hydroxylation is 2. The van der Waals surface area contributed by atoms with E-state index in [9.17, 15) is 0 Å². The first kappa shape index (κ1) is 21.4. The third-order valence-corrected chi connectivity index (χ3v) is 5.59. The minimum Gasteiger partial charge on any atom is -0.475 e. The average molecular weight is 460 g/mol. The molecule has 0 aliphatic rings. The first-order chi connectivity index (χ1) is 14.7. The summed E-state index contributed by atoms with van der Waals surface area (Å²) < 4.78 is 9.70. The van der Waals surface area contributed by atoms with E-state index in [1.165, 1.54) is 0 Å². The van der Waals surface area contributed by atoms with Crippen molar-refractivity contribution in [3.05, 3.63) is 51.9 Å². The van der Waals surface area contributed by atoms with Crippen molar-refractivity contribution in [2.45, 2.75) is 34.2 Å². The number of hydrogen-bond donors (Lipinski definition) is 1. The number of fused-ring (bicyclic) bond motifs is 1. The number of rotatable bonds is 6. The molecule has 4 heterocycles. The van der Waals surface area contributed by atoms with Gasteiger partial charge in [0.25, 0.3) is 5.88 Å². The van der Waals surface area contributed by atoms with Crippen molar-refractivity contribution in [3.63, 3.8) is 0 Å². The number of pyridine rings is 1. The van der Waals surface area contributed by atoms with Crippen molar-refractivity contribution in [1.29, 1.82) is 0 Å². The molecule has 0 aliphatic carbocycles. The molecule has 0 bridgehead atoms. The lowest BCUT2D eigenvalue weighted by atomic mass is 10.2. The molecule has 4 aromatic rings. The molecule has 0 fully saturated rings. The minimum atomic E-state index is 0.132. The van der Waals surface area contributed by atoms with Crippen LogP contribution in [0.1, 0.15) is 24.0 Å². The Morgan fingerprint density at radius 2 is 1.94 bits per heavy atom. The van der Waals surface area contributed by atoms with Crippen LogP contribution in [-0.2, 0) is 6.54 Å². The van der Waals surface area contributed by atoms with Crippen LogP contribution >= 0.6 is 23.2 Å². The summed E-state index contributed by atoms with van der Waals surface area (Å²) in [6.45, 7) is 8.94. The molecule has 0 aromatic carbocycles. The van der Waals surface area contributed by atoms with Gasteiger partial charge in [0.1, 0.15) is 11.3 Å². The Morgan fingerprint density at radius 3 is 2.68 bits per heavy atom. The summed E-state index contributed by atoms with van der Waals surface area (Å²) in [4.78, 5) is 12.8. The lowest BCUT2D eigenvalue weighted by Gasteiger charge is -2.13. The number of ether oxygens (including phenoxy) is 1. The smallest absolute Gasteiger partial charge is 0.257 e. The van der Waals surface area contributed by atoms with Crippen LogP contribution in [0.4, 0.5) is 5.69 Å². The molecule has 0 amide bonds. The van der Waals surface area contributed by atoms with E-state index in [-0.39, 0.29) is 11.2 Å². The highest BCUT2D eigenvalue weighted by Gasteiger charge is 2.18. The quantitative estimate of drug-likeness (QED) is 0.425. The molecule has 4 aromatic heterocycles. The van der Waals surface area contributed by atoms with Crippen LogP contribution < -0.4 is 10.5 Å². The van der Waals surface area contributed by atoms with Gasteiger partial charge in [0.05, 0.1) is 34.1 Å². The Bertz CT molecular complexity index is 1260. The van der Waals surface area contributed by atoms with Gasteiger partial charge < -0.3 is 15.0 Å². The molecule has 8 nitrogen and oxygen atoms in total. The van der Waals surface area contributed by atoms with Gasteiger partial charge in [-0.1, -0.05) is 18.5 Å². The Labute approximate surface area is 190 Å². The lowest BCUT2D eigenvalue weighted by molar-refractivity contribution is 0.237. The maximum Gasteiger partial charge on any atom is 0.257 e. The van der Waals surface area contributed by atoms with Crippen molar-refractivity contribution in [2.75, 3.05) is 12.3 Å². The highest BCUT2D eigenvalue weighted by atomic mass is 35.5. The highest BCUT2D eigenvalue weighted by molar-refractivity contribution is 6.35. The molecule has 0 radical (unpaired) electrons. The number of hydrogen-bond acceptors (Lipinski definition) is 6. The van der Waals surface area contributed by atoms with E-state index in [1.807, 2.05) is 43.7 Å². The van der Waals surface area contributed by atoms with Gasteiger partial charge in [0.2, 0.25) is 5.28 Å². The van der Waals surface area contributed by atoms with Crippen LogP contribution in [0.25, 0.3) is 16.7 Å². The molecule has 2 N–H and O–H groups in total. The first-order valence-electron chi connectivity index (χ1n) is 9.84. The molecule has 1 atom stereocenters. The zero-order valence-electron chi connectivity index (χ0n) is 17.7. The van der Waals surface area contributed by atoms with E-state index in [1.54, 1.807) is 10.9 Å². The Morgan fingerprint density at radius 1 is 1.16 bits per heavy atom.